The van der Waals surface area contributed by atoms with Gasteiger partial charge in [0, 0.05) is 29.4 Å². The lowest BCUT2D eigenvalue weighted by atomic mass is 9.97. The largest absolute Gasteiger partial charge is 0.481 e. The zero-order valence-corrected chi connectivity index (χ0v) is 14.7. The number of carboxylic acid groups (broad SMARTS) is 1. The van der Waals surface area contributed by atoms with Crippen LogP contribution in [-0.4, -0.2) is 40.0 Å². The van der Waals surface area contributed by atoms with Crippen molar-refractivity contribution >= 4 is 33.7 Å². The Balaban J connectivity index is 1.88. The summed E-state index contributed by atoms with van der Waals surface area (Å²) < 4.78 is 27.7. The van der Waals surface area contributed by atoms with E-state index in [0.717, 1.165) is 18.2 Å². The number of piperidine rings is 1. The summed E-state index contributed by atoms with van der Waals surface area (Å²) in [5.41, 5.74) is -0.169. The van der Waals surface area contributed by atoms with Crippen molar-refractivity contribution in [2.24, 2.45) is 5.92 Å². The maximum absolute atomic E-state index is 14.2. The summed E-state index contributed by atoms with van der Waals surface area (Å²) in [6.07, 6.45) is 0.991. The van der Waals surface area contributed by atoms with Crippen molar-refractivity contribution < 1.29 is 23.5 Å². The Bertz CT molecular complexity index is 1190. The lowest BCUT2D eigenvalue weighted by Crippen LogP contribution is -2.42. The normalized spacial score (nSPS) is 17.2. The van der Waals surface area contributed by atoms with Gasteiger partial charge in [-0.25, -0.2) is 8.78 Å². The van der Waals surface area contributed by atoms with Crippen LogP contribution in [0.15, 0.2) is 35.1 Å². The summed E-state index contributed by atoms with van der Waals surface area (Å²) in [7, 11) is 0. The van der Waals surface area contributed by atoms with Crippen molar-refractivity contribution in [1.82, 2.24) is 9.88 Å². The number of carbonyl (C=O) groups excluding carboxylic acids is 1. The van der Waals surface area contributed by atoms with E-state index in [1.807, 2.05) is 0 Å². The standard InChI is InChI=1S/C20H16F2N2O4/c21-11-3-4-16-13(6-11)18(25)14-7-12(22)8-15(17(14)23-16)19(26)24-5-1-2-10(9-24)20(27)28/h3-4,6-8,10H,1-2,5,9H2,(H,23,25)(H,27,28)/t10-/m0/s1. The first-order valence-electron chi connectivity index (χ1n) is 8.82. The Morgan fingerprint density at radius 3 is 2.61 bits per heavy atom. The molecule has 1 aliphatic rings. The number of nitrogens with one attached hydrogen (secondary N) is 1. The van der Waals surface area contributed by atoms with Gasteiger partial charge < -0.3 is 15.0 Å². The molecule has 2 aromatic carbocycles. The van der Waals surface area contributed by atoms with Gasteiger partial charge in [0.05, 0.1) is 17.0 Å². The molecule has 3 aromatic rings. The molecule has 1 aliphatic heterocycles. The maximum atomic E-state index is 14.2. The van der Waals surface area contributed by atoms with Crippen LogP contribution in [0.4, 0.5) is 8.78 Å². The van der Waals surface area contributed by atoms with Crippen LogP contribution in [0.3, 0.4) is 0 Å². The van der Waals surface area contributed by atoms with Gasteiger partial charge in [-0.2, -0.15) is 0 Å². The number of benzene rings is 2. The molecule has 0 unspecified atom stereocenters. The molecule has 0 spiro atoms. The highest BCUT2D eigenvalue weighted by Gasteiger charge is 2.30. The first-order chi connectivity index (χ1) is 13.3. The van der Waals surface area contributed by atoms with E-state index in [2.05, 4.69) is 4.98 Å². The number of halogens is 2. The quantitative estimate of drug-likeness (QED) is 0.663. The summed E-state index contributed by atoms with van der Waals surface area (Å²) in [4.78, 5) is 41.3. The topological polar surface area (TPSA) is 90.5 Å². The van der Waals surface area contributed by atoms with Gasteiger partial charge in [0.1, 0.15) is 11.6 Å². The van der Waals surface area contributed by atoms with Gasteiger partial charge in [-0.3, -0.25) is 14.4 Å². The van der Waals surface area contributed by atoms with E-state index in [-0.39, 0.29) is 28.4 Å². The molecule has 2 N–H and O–H groups in total. The number of aliphatic carboxylic acids is 1. The predicted molar refractivity (Wildman–Crippen MR) is 98.3 cm³/mol. The van der Waals surface area contributed by atoms with Gasteiger partial charge in [0.2, 0.25) is 0 Å². The molecule has 6 nitrogen and oxygen atoms in total. The number of aromatic nitrogens is 1. The lowest BCUT2D eigenvalue weighted by Gasteiger charge is -2.31. The van der Waals surface area contributed by atoms with Gasteiger partial charge in [0.15, 0.2) is 5.43 Å². The number of H-pyrrole nitrogens is 1. The minimum atomic E-state index is -0.983. The third-order valence-corrected chi connectivity index (χ3v) is 5.12. The summed E-state index contributed by atoms with van der Waals surface area (Å²) >= 11 is 0. The molecule has 1 atom stereocenters. The van der Waals surface area contributed by atoms with Gasteiger partial charge in [-0.15, -0.1) is 0 Å². The molecular formula is C20H16F2N2O4. The molecule has 1 aromatic heterocycles. The number of carboxylic acids is 1. The minimum Gasteiger partial charge on any atom is -0.481 e. The highest BCUT2D eigenvalue weighted by atomic mass is 19.1. The van der Waals surface area contributed by atoms with E-state index in [0.29, 0.717) is 24.9 Å². The monoisotopic (exact) mass is 386 g/mol. The number of hydrogen-bond donors (Lipinski definition) is 2. The minimum absolute atomic E-state index is 0.0230. The first-order valence-corrected chi connectivity index (χ1v) is 8.82. The van der Waals surface area contributed by atoms with Crippen molar-refractivity contribution in [3.63, 3.8) is 0 Å². The Morgan fingerprint density at radius 2 is 1.86 bits per heavy atom. The number of carbonyl (C=O) groups is 2. The van der Waals surface area contributed by atoms with Crippen LogP contribution in [0.5, 0.6) is 0 Å². The number of rotatable bonds is 2. The van der Waals surface area contributed by atoms with E-state index in [1.54, 1.807) is 0 Å². The molecule has 28 heavy (non-hydrogen) atoms. The van der Waals surface area contributed by atoms with Gasteiger partial charge in [0.25, 0.3) is 5.91 Å². The summed E-state index contributed by atoms with van der Waals surface area (Å²) in [6, 6.07) is 5.65. The third kappa shape index (κ3) is 3.00. The number of pyridine rings is 1. The van der Waals surface area contributed by atoms with Crippen LogP contribution < -0.4 is 5.43 Å². The highest BCUT2D eigenvalue weighted by Crippen LogP contribution is 2.24. The van der Waals surface area contributed by atoms with Crippen molar-refractivity contribution in [2.45, 2.75) is 12.8 Å². The van der Waals surface area contributed by atoms with E-state index >= 15 is 0 Å². The summed E-state index contributed by atoms with van der Waals surface area (Å²) in [5.74, 6) is -3.59. The van der Waals surface area contributed by atoms with E-state index in [4.69, 9.17) is 0 Å². The predicted octanol–water partition coefficient (Wildman–Crippen LogP) is 2.90. The molecule has 0 aliphatic carbocycles. The zero-order chi connectivity index (χ0) is 20.0. The molecule has 2 heterocycles. The van der Waals surface area contributed by atoms with E-state index in [1.165, 1.54) is 17.0 Å². The molecule has 0 saturated carbocycles. The van der Waals surface area contributed by atoms with Crippen LogP contribution in [0, 0.1) is 17.6 Å². The molecule has 1 saturated heterocycles. The van der Waals surface area contributed by atoms with Crippen molar-refractivity contribution in [1.29, 1.82) is 0 Å². The van der Waals surface area contributed by atoms with Crippen LogP contribution in [-0.2, 0) is 4.79 Å². The smallest absolute Gasteiger partial charge is 0.308 e. The van der Waals surface area contributed by atoms with E-state index < -0.39 is 34.9 Å². The number of amides is 1. The van der Waals surface area contributed by atoms with Crippen LogP contribution in [0.25, 0.3) is 21.8 Å². The highest BCUT2D eigenvalue weighted by molar-refractivity contribution is 6.07. The molecule has 144 valence electrons. The molecular weight excluding hydrogens is 370 g/mol. The second kappa shape index (κ2) is 6.70. The average molecular weight is 386 g/mol. The van der Waals surface area contributed by atoms with Crippen molar-refractivity contribution in [2.75, 3.05) is 13.1 Å². The molecule has 4 rings (SSSR count). The number of likely N-dealkylation sites (tertiary alicyclic amines) is 1. The fourth-order valence-electron chi connectivity index (χ4n) is 3.72. The fourth-order valence-corrected chi connectivity index (χ4v) is 3.72. The van der Waals surface area contributed by atoms with Crippen molar-refractivity contribution in [3.05, 3.63) is 57.8 Å². The zero-order valence-electron chi connectivity index (χ0n) is 14.7. The van der Waals surface area contributed by atoms with Gasteiger partial charge >= 0.3 is 5.97 Å². The molecule has 0 bridgehead atoms. The van der Waals surface area contributed by atoms with Crippen molar-refractivity contribution in [3.8, 4) is 0 Å². The number of fused-ring (bicyclic) bond motifs is 2. The van der Waals surface area contributed by atoms with Crippen LogP contribution in [0.1, 0.15) is 23.2 Å². The third-order valence-electron chi connectivity index (χ3n) is 5.12. The number of aromatic amines is 1. The van der Waals surface area contributed by atoms with Crippen LogP contribution in [0.2, 0.25) is 0 Å². The Morgan fingerprint density at radius 1 is 1.11 bits per heavy atom. The molecule has 8 heteroatoms. The fraction of sp³-hybridized carbons (Fsp3) is 0.250. The van der Waals surface area contributed by atoms with E-state index in [9.17, 15) is 28.3 Å². The van der Waals surface area contributed by atoms with Gasteiger partial charge in [-0.1, -0.05) is 0 Å². The molecule has 1 amide bonds. The molecule has 0 radical (unpaired) electrons. The first kappa shape index (κ1) is 18.1. The lowest BCUT2D eigenvalue weighted by molar-refractivity contribution is -0.143. The second-order valence-corrected chi connectivity index (χ2v) is 6.95. The van der Waals surface area contributed by atoms with Gasteiger partial charge in [-0.05, 0) is 43.2 Å². The summed E-state index contributed by atoms with van der Waals surface area (Å²) in [6.45, 7) is 0.374. The molecule has 1 fully saturated rings. The number of nitrogens with zero attached hydrogens (tertiary/aromatic N) is 1. The maximum Gasteiger partial charge on any atom is 0.308 e. The Labute approximate surface area is 157 Å². The summed E-state index contributed by atoms with van der Waals surface area (Å²) in [5, 5.41) is 9.22. The second-order valence-electron chi connectivity index (χ2n) is 6.95. The Kier molecular flexibility index (Phi) is 4.33. The van der Waals surface area contributed by atoms with Crippen LogP contribution >= 0.6 is 0 Å². The average Bonchev–Trinajstić information content (AvgIpc) is 2.68. The number of hydrogen-bond acceptors (Lipinski definition) is 3. The SMILES string of the molecule is O=C(O)[C@H]1CCCN(C(=O)c2cc(F)cc3c(=O)c4cc(F)ccc4[nH]c23)C1. The Hall–Kier alpha value is -3.29.